The summed E-state index contributed by atoms with van der Waals surface area (Å²) in [6, 6.07) is 0. The monoisotopic (exact) mass is 183 g/mol. The van der Waals surface area contributed by atoms with Gasteiger partial charge in [0.1, 0.15) is 0 Å². The van der Waals surface area contributed by atoms with Crippen LogP contribution in [0.1, 0.15) is 18.7 Å². The fourth-order valence-corrected chi connectivity index (χ4v) is 1.04. The van der Waals surface area contributed by atoms with Gasteiger partial charge in [-0.05, 0) is 13.8 Å². The Kier molecular flexibility index (Phi) is 3.66. The lowest BCUT2D eigenvalue weighted by Gasteiger charge is -2.08. The van der Waals surface area contributed by atoms with Gasteiger partial charge in [0.15, 0.2) is 0 Å². The van der Waals surface area contributed by atoms with E-state index in [2.05, 4.69) is 10.3 Å². The molecule has 0 atom stereocenters. The van der Waals surface area contributed by atoms with Crippen LogP contribution in [0.3, 0.4) is 0 Å². The first-order chi connectivity index (χ1) is 5.57. The van der Waals surface area contributed by atoms with Crippen molar-refractivity contribution >= 4 is 5.95 Å². The van der Waals surface area contributed by atoms with Crippen LogP contribution in [-0.4, -0.2) is 16.6 Å². The Morgan fingerprint density at radius 1 is 1.38 bits per heavy atom. The molecule has 74 valence electrons. The van der Waals surface area contributed by atoms with E-state index in [1.165, 1.54) is 4.57 Å². The van der Waals surface area contributed by atoms with Crippen molar-refractivity contribution in [3.8, 4) is 0 Å². The quantitative estimate of drug-likeness (QED) is 0.708. The standard InChI is InChI=1S/C8H13N3O.CH4/c1-5-6(2)10-8(9-3)11(4)7(5)12;/h1-4H3,(H,9,10);1H4. The van der Waals surface area contributed by atoms with Gasteiger partial charge in [-0.1, -0.05) is 7.43 Å². The Labute approximate surface area is 78.6 Å². The number of rotatable bonds is 1. The second-order valence-electron chi connectivity index (χ2n) is 2.76. The predicted octanol–water partition coefficient (Wildman–Crippen LogP) is 1.07. The normalized spacial score (nSPS) is 9.23. The molecule has 4 nitrogen and oxygen atoms in total. The first-order valence-electron chi connectivity index (χ1n) is 3.80. The van der Waals surface area contributed by atoms with E-state index in [4.69, 9.17) is 0 Å². The van der Waals surface area contributed by atoms with Gasteiger partial charge < -0.3 is 5.32 Å². The van der Waals surface area contributed by atoms with Gasteiger partial charge in [-0.25, -0.2) is 4.98 Å². The second-order valence-corrected chi connectivity index (χ2v) is 2.76. The molecular formula is C9H17N3O. The summed E-state index contributed by atoms with van der Waals surface area (Å²) in [5.74, 6) is 0.600. The van der Waals surface area contributed by atoms with E-state index in [1.807, 2.05) is 6.92 Å². The second kappa shape index (κ2) is 4.07. The average molecular weight is 183 g/mol. The van der Waals surface area contributed by atoms with E-state index >= 15 is 0 Å². The maximum atomic E-state index is 11.5. The summed E-state index contributed by atoms with van der Waals surface area (Å²) in [5.41, 5.74) is 1.49. The van der Waals surface area contributed by atoms with E-state index in [-0.39, 0.29) is 13.0 Å². The highest BCUT2D eigenvalue weighted by molar-refractivity contribution is 5.29. The van der Waals surface area contributed by atoms with Crippen LogP contribution in [-0.2, 0) is 7.05 Å². The van der Waals surface area contributed by atoms with Crippen molar-refractivity contribution in [2.45, 2.75) is 21.3 Å². The molecule has 1 aromatic heterocycles. The summed E-state index contributed by atoms with van der Waals surface area (Å²) >= 11 is 0. The Balaban J connectivity index is 0.00000144. The van der Waals surface area contributed by atoms with E-state index < -0.39 is 0 Å². The zero-order valence-electron chi connectivity index (χ0n) is 7.80. The maximum absolute atomic E-state index is 11.5. The Morgan fingerprint density at radius 3 is 2.38 bits per heavy atom. The number of anilines is 1. The number of aryl methyl sites for hydroxylation is 1. The molecule has 0 bridgehead atoms. The van der Waals surface area contributed by atoms with E-state index in [0.717, 1.165) is 5.69 Å². The first kappa shape index (κ1) is 11.7. The van der Waals surface area contributed by atoms with Crippen LogP contribution < -0.4 is 10.9 Å². The van der Waals surface area contributed by atoms with Crippen LogP contribution in [0.2, 0.25) is 0 Å². The molecule has 0 fully saturated rings. The summed E-state index contributed by atoms with van der Waals surface area (Å²) in [6.07, 6.45) is 0. The lowest BCUT2D eigenvalue weighted by Crippen LogP contribution is -2.24. The van der Waals surface area contributed by atoms with Crippen molar-refractivity contribution in [3.63, 3.8) is 0 Å². The molecule has 0 aromatic carbocycles. The Hall–Kier alpha value is -1.32. The van der Waals surface area contributed by atoms with Gasteiger partial charge in [0, 0.05) is 25.4 Å². The summed E-state index contributed by atoms with van der Waals surface area (Å²) in [4.78, 5) is 15.7. The minimum atomic E-state index is 0. The summed E-state index contributed by atoms with van der Waals surface area (Å²) in [7, 11) is 3.45. The Morgan fingerprint density at radius 2 is 1.92 bits per heavy atom. The lowest BCUT2D eigenvalue weighted by molar-refractivity contribution is 0.810. The van der Waals surface area contributed by atoms with Crippen LogP contribution in [0, 0.1) is 13.8 Å². The molecule has 0 spiro atoms. The zero-order chi connectivity index (χ0) is 9.30. The van der Waals surface area contributed by atoms with E-state index in [9.17, 15) is 4.79 Å². The van der Waals surface area contributed by atoms with Crippen LogP contribution >= 0.6 is 0 Å². The van der Waals surface area contributed by atoms with Crippen molar-refractivity contribution in [3.05, 3.63) is 21.6 Å². The van der Waals surface area contributed by atoms with E-state index in [1.54, 1.807) is 21.0 Å². The molecule has 1 N–H and O–H groups in total. The molecule has 0 amide bonds. The number of nitrogens with one attached hydrogen (secondary N) is 1. The van der Waals surface area contributed by atoms with Gasteiger partial charge >= 0.3 is 0 Å². The van der Waals surface area contributed by atoms with Gasteiger partial charge in [-0.3, -0.25) is 9.36 Å². The minimum absolute atomic E-state index is 0. The number of aromatic nitrogens is 2. The predicted molar refractivity (Wildman–Crippen MR) is 55.2 cm³/mol. The molecule has 13 heavy (non-hydrogen) atoms. The van der Waals surface area contributed by atoms with Crippen LogP contribution in [0.4, 0.5) is 5.95 Å². The zero-order valence-corrected chi connectivity index (χ0v) is 7.80. The smallest absolute Gasteiger partial charge is 0.257 e. The number of hydrogen-bond donors (Lipinski definition) is 1. The molecule has 1 rings (SSSR count). The number of hydrogen-bond acceptors (Lipinski definition) is 3. The van der Waals surface area contributed by atoms with Crippen molar-refractivity contribution in [1.82, 2.24) is 9.55 Å². The third-order valence-corrected chi connectivity index (χ3v) is 1.98. The SMILES string of the molecule is C.CNc1nc(C)c(C)c(=O)n1C. The van der Waals surface area contributed by atoms with Crippen molar-refractivity contribution in [1.29, 1.82) is 0 Å². The maximum Gasteiger partial charge on any atom is 0.257 e. The first-order valence-corrected chi connectivity index (χ1v) is 3.80. The topological polar surface area (TPSA) is 46.9 Å². The van der Waals surface area contributed by atoms with Gasteiger partial charge in [-0.15, -0.1) is 0 Å². The van der Waals surface area contributed by atoms with Crippen LogP contribution in [0.5, 0.6) is 0 Å². The third-order valence-electron chi connectivity index (χ3n) is 1.98. The van der Waals surface area contributed by atoms with Crippen molar-refractivity contribution in [2.24, 2.45) is 7.05 Å². The van der Waals surface area contributed by atoms with Gasteiger partial charge in [0.25, 0.3) is 5.56 Å². The Bertz CT molecular complexity index is 355. The highest BCUT2D eigenvalue weighted by Gasteiger charge is 2.05. The molecule has 1 heterocycles. The summed E-state index contributed by atoms with van der Waals surface area (Å²) in [6.45, 7) is 3.61. The molecule has 4 heteroatoms. The molecule has 0 aliphatic heterocycles. The molecule has 0 aliphatic rings. The molecule has 0 aliphatic carbocycles. The molecule has 0 saturated carbocycles. The highest BCUT2D eigenvalue weighted by atomic mass is 16.1. The molecule has 1 aromatic rings. The minimum Gasteiger partial charge on any atom is -0.359 e. The fourth-order valence-electron chi connectivity index (χ4n) is 1.04. The number of nitrogens with zero attached hydrogens (tertiary/aromatic N) is 2. The largest absolute Gasteiger partial charge is 0.359 e. The molecular weight excluding hydrogens is 166 g/mol. The summed E-state index contributed by atoms with van der Waals surface area (Å²) in [5, 5.41) is 2.86. The van der Waals surface area contributed by atoms with Crippen LogP contribution in [0.25, 0.3) is 0 Å². The van der Waals surface area contributed by atoms with E-state index in [0.29, 0.717) is 11.5 Å². The van der Waals surface area contributed by atoms with Crippen molar-refractivity contribution in [2.75, 3.05) is 12.4 Å². The van der Waals surface area contributed by atoms with Gasteiger partial charge in [-0.2, -0.15) is 0 Å². The fraction of sp³-hybridized carbons (Fsp3) is 0.556. The van der Waals surface area contributed by atoms with Crippen molar-refractivity contribution < 1.29 is 0 Å². The average Bonchev–Trinajstić information content (AvgIpc) is 2.08. The molecule has 0 saturated heterocycles. The molecule has 0 unspecified atom stereocenters. The third kappa shape index (κ3) is 1.88. The van der Waals surface area contributed by atoms with Gasteiger partial charge in [0.2, 0.25) is 5.95 Å². The molecule has 0 radical (unpaired) electrons. The highest BCUT2D eigenvalue weighted by Crippen LogP contribution is 2.02. The van der Waals surface area contributed by atoms with Gasteiger partial charge in [0.05, 0.1) is 0 Å². The lowest BCUT2D eigenvalue weighted by atomic mass is 10.3. The van der Waals surface area contributed by atoms with Crippen LogP contribution in [0.15, 0.2) is 4.79 Å². The summed E-state index contributed by atoms with van der Waals surface area (Å²) < 4.78 is 1.50.